The van der Waals surface area contributed by atoms with E-state index >= 15 is 0 Å². The predicted octanol–water partition coefficient (Wildman–Crippen LogP) is 4.08. The maximum absolute atomic E-state index is 12.4. The van der Waals surface area contributed by atoms with Gasteiger partial charge in [-0.15, -0.1) is 0 Å². The summed E-state index contributed by atoms with van der Waals surface area (Å²) >= 11 is 11.9. The Hall–Kier alpha value is -2.41. The van der Waals surface area contributed by atoms with Crippen LogP contribution in [-0.4, -0.2) is 33.9 Å². The van der Waals surface area contributed by atoms with E-state index in [0.717, 1.165) is 6.42 Å². The summed E-state index contributed by atoms with van der Waals surface area (Å²) in [6, 6.07) is 11.9. The van der Waals surface area contributed by atoms with Gasteiger partial charge in [0.1, 0.15) is 5.82 Å². The van der Waals surface area contributed by atoms with Crippen LogP contribution >= 0.6 is 23.2 Å². The number of H-pyrrole nitrogens is 1. The molecular formula is C20H20Cl2N4O2. The van der Waals surface area contributed by atoms with Gasteiger partial charge in [0.05, 0.1) is 24.0 Å². The van der Waals surface area contributed by atoms with Gasteiger partial charge in [-0.25, -0.2) is 4.98 Å². The SMILES string of the molecule is CCCN(CC(=O)Nc1ccc(Cl)cc1)Cc1nc2cc(Cl)ccc2c(=O)[nH]1. The summed E-state index contributed by atoms with van der Waals surface area (Å²) in [5.74, 6) is 0.342. The number of nitrogens with zero attached hydrogens (tertiary/aromatic N) is 2. The lowest BCUT2D eigenvalue weighted by molar-refractivity contribution is -0.117. The van der Waals surface area contributed by atoms with Gasteiger partial charge in [0.15, 0.2) is 0 Å². The van der Waals surface area contributed by atoms with Crippen LogP contribution < -0.4 is 10.9 Å². The summed E-state index contributed by atoms with van der Waals surface area (Å²) < 4.78 is 0. The van der Waals surface area contributed by atoms with E-state index in [1.165, 1.54) is 0 Å². The molecule has 2 aromatic carbocycles. The van der Waals surface area contributed by atoms with E-state index in [1.54, 1.807) is 42.5 Å². The molecule has 0 saturated carbocycles. The van der Waals surface area contributed by atoms with Gasteiger partial charge in [0, 0.05) is 15.7 Å². The molecular weight excluding hydrogens is 399 g/mol. The smallest absolute Gasteiger partial charge is 0.258 e. The molecule has 0 saturated heterocycles. The van der Waals surface area contributed by atoms with Crippen molar-refractivity contribution in [1.29, 1.82) is 0 Å². The lowest BCUT2D eigenvalue weighted by atomic mass is 10.2. The van der Waals surface area contributed by atoms with Crippen molar-refractivity contribution in [1.82, 2.24) is 14.9 Å². The molecule has 0 atom stereocenters. The first-order chi connectivity index (χ1) is 13.4. The summed E-state index contributed by atoms with van der Waals surface area (Å²) in [5.41, 5.74) is 0.991. The Labute approximate surface area is 172 Å². The van der Waals surface area contributed by atoms with Crippen LogP contribution in [0.1, 0.15) is 19.2 Å². The molecule has 146 valence electrons. The van der Waals surface area contributed by atoms with Crippen LogP contribution in [-0.2, 0) is 11.3 Å². The van der Waals surface area contributed by atoms with E-state index < -0.39 is 0 Å². The number of carbonyl (C=O) groups excluding carboxylic acids is 1. The zero-order valence-electron chi connectivity index (χ0n) is 15.3. The van der Waals surface area contributed by atoms with E-state index in [4.69, 9.17) is 23.2 Å². The van der Waals surface area contributed by atoms with Crippen molar-refractivity contribution in [2.24, 2.45) is 0 Å². The van der Waals surface area contributed by atoms with Gasteiger partial charge in [0.2, 0.25) is 5.91 Å². The minimum atomic E-state index is -0.223. The topological polar surface area (TPSA) is 78.1 Å². The number of rotatable bonds is 7. The maximum Gasteiger partial charge on any atom is 0.258 e. The zero-order chi connectivity index (χ0) is 20.1. The summed E-state index contributed by atoms with van der Waals surface area (Å²) in [6.45, 7) is 3.24. The lowest BCUT2D eigenvalue weighted by Crippen LogP contribution is -2.34. The van der Waals surface area contributed by atoms with Crippen molar-refractivity contribution >= 4 is 45.7 Å². The minimum Gasteiger partial charge on any atom is -0.325 e. The molecule has 0 unspecified atom stereocenters. The maximum atomic E-state index is 12.4. The van der Waals surface area contributed by atoms with Crippen LogP contribution in [0.2, 0.25) is 10.0 Å². The van der Waals surface area contributed by atoms with Crippen molar-refractivity contribution in [3.8, 4) is 0 Å². The number of aromatic nitrogens is 2. The number of anilines is 1. The van der Waals surface area contributed by atoms with E-state index in [0.29, 0.717) is 45.5 Å². The van der Waals surface area contributed by atoms with Gasteiger partial charge >= 0.3 is 0 Å². The van der Waals surface area contributed by atoms with Gasteiger partial charge in [-0.1, -0.05) is 30.1 Å². The quantitative estimate of drug-likeness (QED) is 0.605. The summed E-state index contributed by atoms with van der Waals surface area (Å²) in [5, 5.41) is 4.45. The molecule has 0 aliphatic carbocycles. The fourth-order valence-electron chi connectivity index (χ4n) is 2.91. The Balaban J connectivity index is 1.73. The molecule has 3 aromatic rings. The molecule has 28 heavy (non-hydrogen) atoms. The van der Waals surface area contributed by atoms with E-state index in [2.05, 4.69) is 15.3 Å². The summed E-state index contributed by atoms with van der Waals surface area (Å²) in [6.07, 6.45) is 0.859. The molecule has 1 aromatic heterocycles. The molecule has 0 radical (unpaired) electrons. The van der Waals surface area contributed by atoms with Crippen LogP contribution in [0.3, 0.4) is 0 Å². The minimum absolute atomic E-state index is 0.151. The number of hydrogen-bond acceptors (Lipinski definition) is 4. The molecule has 0 spiro atoms. The number of carbonyl (C=O) groups is 1. The molecule has 8 heteroatoms. The van der Waals surface area contributed by atoms with Gasteiger partial charge in [0.25, 0.3) is 5.56 Å². The number of amides is 1. The molecule has 0 fully saturated rings. The number of halogens is 2. The van der Waals surface area contributed by atoms with Crippen molar-refractivity contribution in [3.05, 3.63) is 68.7 Å². The molecule has 1 amide bonds. The first kappa shape index (κ1) is 20.3. The molecule has 0 bridgehead atoms. The normalized spacial score (nSPS) is 11.1. The van der Waals surface area contributed by atoms with Crippen LogP contribution in [0.25, 0.3) is 10.9 Å². The third kappa shape index (κ3) is 5.32. The highest BCUT2D eigenvalue weighted by atomic mass is 35.5. The second-order valence-electron chi connectivity index (χ2n) is 6.44. The van der Waals surface area contributed by atoms with Crippen LogP contribution in [0.5, 0.6) is 0 Å². The fraction of sp³-hybridized carbons (Fsp3) is 0.250. The fourth-order valence-corrected chi connectivity index (χ4v) is 3.21. The van der Waals surface area contributed by atoms with Gasteiger partial charge in [-0.2, -0.15) is 0 Å². The number of aromatic amines is 1. The van der Waals surface area contributed by atoms with E-state index in [-0.39, 0.29) is 18.0 Å². The first-order valence-corrected chi connectivity index (χ1v) is 9.66. The Morgan fingerprint density at radius 3 is 2.57 bits per heavy atom. The monoisotopic (exact) mass is 418 g/mol. The highest BCUT2D eigenvalue weighted by Crippen LogP contribution is 2.16. The van der Waals surface area contributed by atoms with E-state index in [9.17, 15) is 9.59 Å². The first-order valence-electron chi connectivity index (χ1n) is 8.91. The highest BCUT2D eigenvalue weighted by Gasteiger charge is 2.13. The number of fused-ring (bicyclic) bond motifs is 1. The van der Waals surface area contributed by atoms with E-state index in [1.807, 2.05) is 11.8 Å². The Kier molecular flexibility index (Phi) is 6.67. The van der Waals surface area contributed by atoms with Gasteiger partial charge < -0.3 is 10.3 Å². The van der Waals surface area contributed by atoms with Crippen LogP contribution in [0, 0.1) is 0 Å². The highest BCUT2D eigenvalue weighted by molar-refractivity contribution is 6.31. The lowest BCUT2D eigenvalue weighted by Gasteiger charge is -2.20. The molecule has 3 rings (SSSR count). The molecule has 1 heterocycles. The molecule has 6 nitrogen and oxygen atoms in total. The molecule has 2 N–H and O–H groups in total. The molecule has 0 aliphatic heterocycles. The Morgan fingerprint density at radius 2 is 1.86 bits per heavy atom. The average Bonchev–Trinajstić information content (AvgIpc) is 2.63. The second kappa shape index (κ2) is 9.19. The van der Waals surface area contributed by atoms with Crippen molar-refractivity contribution < 1.29 is 4.79 Å². The number of nitrogens with one attached hydrogen (secondary N) is 2. The standard InChI is InChI=1S/C20H20Cl2N4O2/c1-2-9-26(12-19(27)23-15-6-3-13(21)4-7-15)11-18-24-17-10-14(22)5-8-16(17)20(28)25-18/h3-8,10H,2,9,11-12H2,1H3,(H,23,27)(H,24,25,28). The van der Waals surface area contributed by atoms with Crippen molar-refractivity contribution in [2.45, 2.75) is 19.9 Å². The largest absolute Gasteiger partial charge is 0.325 e. The third-order valence-electron chi connectivity index (χ3n) is 4.13. The van der Waals surface area contributed by atoms with Crippen molar-refractivity contribution in [2.75, 3.05) is 18.4 Å². The summed E-state index contributed by atoms with van der Waals surface area (Å²) in [7, 11) is 0. The summed E-state index contributed by atoms with van der Waals surface area (Å²) in [4.78, 5) is 33.9. The molecule has 0 aliphatic rings. The van der Waals surface area contributed by atoms with Crippen LogP contribution in [0.15, 0.2) is 47.3 Å². The predicted molar refractivity (Wildman–Crippen MR) is 113 cm³/mol. The second-order valence-corrected chi connectivity index (χ2v) is 7.31. The third-order valence-corrected chi connectivity index (χ3v) is 4.61. The van der Waals surface area contributed by atoms with Crippen LogP contribution in [0.4, 0.5) is 5.69 Å². The Morgan fingerprint density at radius 1 is 1.14 bits per heavy atom. The van der Waals surface area contributed by atoms with Crippen molar-refractivity contribution in [3.63, 3.8) is 0 Å². The Bertz CT molecular complexity index is 1030. The number of hydrogen-bond donors (Lipinski definition) is 2. The van der Waals surface area contributed by atoms with Gasteiger partial charge in [-0.3, -0.25) is 14.5 Å². The zero-order valence-corrected chi connectivity index (χ0v) is 16.8. The average molecular weight is 419 g/mol. The van der Waals surface area contributed by atoms with Gasteiger partial charge in [-0.05, 0) is 55.4 Å². The number of benzene rings is 2.